The average molecular weight is 381 g/mol. The lowest BCUT2D eigenvalue weighted by molar-refractivity contribution is 0.0637. The number of primary amides is 1. The number of imidazole rings is 1. The fourth-order valence-electron chi connectivity index (χ4n) is 2.43. The highest BCUT2D eigenvalue weighted by Gasteiger charge is 2.20. The van der Waals surface area contributed by atoms with Gasteiger partial charge in [0.2, 0.25) is 0 Å². The smallest absolute Gasteiger partial charge is 0.404 e. The molecule has 0 bridgehead atoms. The molecule has 6 nitrogen and oxygen atoms in total. The Morgan fingerprint density at radius 2 is 2.15 bits per heavy atom. The van der Waals surface area contributed by atoms with Crippen LogP contribution >= 0.6 is 11.8 Å². The number of rotatable bonds is 9. The summed E-state index contributed by atoms with van der Waals surface area (Å²) in [4.78, 5) is 16.1. The Balaban J connectivity index is 2.17. The molecule has 1 aromatic heterocycles. The number of hydrogen-bond donors (Lipinski definition) is 1. The summed E-state index contributed by atoms with van der Waals surface area (Å²) in [5.41, 5.74) is 5.86. The minimum Gasteiger partial charge on any atom is -0.447 e. The molecule has 0 unspecified atom stereocenters. The van der Waals surface area contributed by atoms with Gasteiger partial charge in [-0.2, -0.15) is 0 Å². The van der Waals surface area contributed by atoms with Gasteiger partial charge in [0.05, 0.1) is 12.3 Å². The lowest BCUT2D eigenvalue weighted by atomic mass is 10.1. The predicted molar refractivity (Wildman–Crippen MR) is 97.7 cm³/mol. The Morgan fingerprint density at radius 1 is 1.38 bits per heavy atom. The van der Waals surface area contributed by atoms with Gasteiger partial charge in [-0.05, 0) is 31.0 Å². The molecule has 0 saturated heterocycles. The number of carbonyl (C=O) groups is 1. The largest absolute Gasteiger partial charge is 0.447 e. The van der Waals surface area contributed by atoms with Gasteiger partial charge in [0.1, 0.15) is 29.9 Å². The van der Waals surface area contributed by atoms with E-state index in [1.54, 1.807) is 6.07 Å². The molecule has 0 atom stereocenters. The molecule has 8 heteroatoms. The van der Waals surface area contributed by atoms with Crippen LogP contribution in [-0.4, -0.2) is 28.9 Å². The maximum atomic E-state index is 13.5. The molecule has 0 spiro atoms. The van der Waals surface area contributed by atoms with E-state index >= 15 is 0 Å². The van der Waals surface area contributed by atoms with Crippen LogP contribution in [0, 0.1) is 5.82 Å². The van der Waals surface area contributed by atoms with E-state index in [-0.39, 0.29) is 24.9 Å². The van der Waals surface area contributed by atoms with E-state index in [4.69, 9.17) is 15.5 Å². The molecule has 2 rings (SSSR count). The van der Waals surface area contributed by atoms with Gasteiger partial charge in [0, 0.05) is 11.4 Å². The van der Waals surface area contributed by atoms with Crippen LogP contribution in [0.5, 0.6) is 0 Å². The Kier molecular flexibility index (Phi) is 7.47. The second-order valence-electron chi connectivity index (χ2n) is 5.90. The highest BCUT2D eigenvalue weighted by Crippen LogP contribution is 2.35. The quantitative estimate of drug-likeness (QED) is 0.666. The number of nitrogens with two attached hydrogens (primary N) is 1. The van der Waals surface area contributed by atoms with Crippen molar-refractivity contribution in [2.45, 2.75) is 49.8 Å². The van der Waals surface area contributed by atoms with Crippen LogP contribution in [-0.2, 0) is 22.6 Å². The van der Waals surface area contributed by atoms with Gasteiger partial charge < -0.3 is 19.8 Å². The molecule has 142 valence electrons. The Bertz CT molecular complexity index is 749. The first-order valence-electron chi connectivity index (χ1n) is 8.45. The Labute approximate surface area is 156 Å². The first kappa shape index (κ1) is 20.3. The summed E-state index contributed by atoms with van der Waals surface area (Å²) < 4.78 is 25.8. The standard InChI is InChI=1S/C18H24FN3O3S/c1-4-22-15(11-24-8-9-25-18(20)23)21-16(12(2)3)17(22)26-14-7-5-6-13(19)10-14/h5-7,10,12H,4,8-9,11H2,1-3H3,(H2,20,23). The summed E-state index contributed by atoms with van der Waals surface area (Å²) in [6, 6.07) is 6.52. The van der Waals surface area contributed by atoms with Crippen molar-refractivity contribution in [3.63, 3.8) is 0 Å². The van der Waals surface area contributed by atoms with E-state index in [9.17, 15) is 9.18 Å². The maximum Gasteiger partial charge on any atom is 0.404 e. The fourth-order valence-corrected chi connectivity index (χ4v) is 3.70. The fraction of sp³-hybridized carbons (Fsp3) is 0.444. The van der Waals surface area contributed by atoms with Crippen LogP contribution in [0.25, 0.3) is 0 Å². The summed E-state index contributed by atoms with van der Waals surface area (Å²) in [6.45, 7) is 7.52. The predicted octanol–water partition coefficient (Wildman–Crippen LogP) is 3.93. The van der Waals surface area contributed by atoms with E-state index in [2.05, 4.69) is 23.2 Å². The monoisotopic (exact) mass is 381 g/mol. The number of carbonyl (C=O) groups excluding carboxylic acids is 1. The molecule has 2 N–H and O–H groups in total. The topological polar surface area (TPSA) is 79.4 Å². The number of aromatic nitrogens is 2. The maximum absolute atomic E-state index is 13.5. The van der Waals surface area contributed by atoms with Crippen molar-refractivity contribution in [3.05, 3.63) is 41.6 Å². The summed E-state index contributed by atoms with van der Waals surface area (Å²) in [7, 11) is 0. The van der Waals surface area contributed by atoms with Gasteiger partial charge in [-0.3, -0.25) is 0 Å². The van der Waals surface area contributed by atoms with E-state index in [1.165, 1.54) is 23.9 Å². The minimum absolute atomic E-state index is 0.101. The number of benzene rings is 1. The highest BCUT2D eigenvalue weighted by molar-refractivity contribution is 7.99. The number of nitrogens with zero attached hydrogens (tertiary/aromatic N) is 2. The van der Waals surface area contributed by atoms with Crippen LogP contribution in [0.2, 0.25) is 0 Å². The van der Waals surface area contributed by atoms with Crippen molar-refractivity contribution in [3.8, 4) is 0 Å². The van der Waals surface area contributed by atoms with E-state index < -0.39 is 6.09 Å². The second kappa shape index (κ2) is 9.59. The molecular weight excluding hydrogens is 357 g/mol. The van der Waals surface area contributed by atoms with E-state index in [0.29, 0.717) is 13.2 Å². The molecule has 1 amide bonds. The third kappa shape index (κ3) is 5.47. The summed E-state index contributed by atoms with van der Waals surface area (Å²) in [5.74, 6) is 0.742. The molecule has 0 aliphatic carbocycles. The van der Waals surface area contributed by atoms with Crippen LogP contribution in [0.3, 0.4) is 0 Å². The van der Waals surface area contributed by atoms with Gasteiger partial charge >= 0.3 is 6.09 Å². The molecule has 0 aliphatic heterocycles. The normalized spacial score (nSPS) is 11.1. The first-order valence-corrected chi connectivity index (χ1v) is 9.26. The van der Waals surface area contributed by atoms with Crippen LogP contribution in [0.15, 0.2) is 34.2 Å². The molecule has 0 radical (unpaired) electrons. The van der Waals surface area contributed by atoms with Gasteiger partial charge in [-0.25, -0.2) is 14.2 Å². The van der Waals surface area contributed by atoms with Crippen molar-refractivity contribution in [2.24, 2.45) is 5.73 Å². The van der Waals surface area contributed by atoms with Gasteiger partial charge in [-0.15, -0.1) is 0 Å². The summed E-state index contributed by atoms with van der Waals surface area (Å²) in [5, 5.41) is 0.986. The molecule has 1 heterocycles. The molecule has 2 aromatic rings. The summed E-state index contributed by atoms with van der Waals surface area (Å²) >= 11 is 1.50. The number of hydrogen-bond acceptors (Lipinski definition) is 5. The van der Waals surface area contributed by atoms with E-state index in [0.717, 1.165) is 21.4 Å². The lowest BCUT2D eigenvalue weighted by Crippen LogP contribution is -2.16. The molecule has 1 aromatic carbocycles. The van der Waals surface area contributed by atoms with Crippen molar-refractivity contribution >= 4 is 17.9 Å². The van der Waals surface area contributed by atoms with Gasteiger partial charge in [0.25, 0.3) is 0 Å². The number of amides is 1. The van der Waals surface area contributed by atoms with Crippen LogP contribution < -0.4 is 5.73 Å². The Hall–Kier alpha value is -2.06. The zero-order chi connectivity index (χ0) is 19.1. The number of halogens is 1. The summed E-state index contributed by atoms with van der Waals surface area (Å²) in [6.07, 6.45) is -0.820. The average Bonchev–Trinajstić information content (AvgIpc) is 2.92. The van der Waals surface area contributed by atoms with Gasteiger partial charge in [-0.1, -0.05) is 31.7 Å². The second-order valence-corrected chi connectivity index (χ2v) is 6.96. The highest BCUT2D eigenvalue weighted by atomic mass is 32.2. The SMILES string of the molecule is CCn1c(COCCOC(N)=O)nc(C(C)C)c1Sc1cccc(F)c1. The molecular formula is C18H24FN3O3S. The van der Waals surface area contributed by atoms with Crippen LogP contribution in [0.4, 0.5) is 9.18 Å². The van der Waals surface area contributed by atoms with Crippen molar-refractivity contribution < 1.29 is 18.7 Å². The van der Waals surface area contributed by atoms with Gasteiger partial charge in [0.15, 0.2) is 0 Å². The van der Waals surface area contributed by atoms with E-state index in [1.807, 2.05) is 13.0 Å². The molecule has 26 heavy (non-hydrogen) atoms. The van der Waals surface area contributed by atoms with Crippen LogP contribution in [0.1, 0.15) is 38.2 Å². The molecule has 0 fully saturated rings. The van der Waals surface area contributed by atoms with Crippen molar-refractivity contribution in [2.75, 3.05) is 13.2 Å². The Morgan fingerprint density at radius 3 is 2.77 bits per heavy atom. The first-order chi connectivity index (χ1) is 12.4. The zero-order valence-electron chi connectivity index (χ0n) is 15.2. The third-order valence-electron chi connectivity index (χ3n) is 3.60. The molecule has 0 aliphatic rings. The zero-order valence-corrected chi connectivity index (χ0v) is 16.0. The third-order valence-corrected chi connectivity index (χ3v) is 4.71. The van der Waals surface area contributed by atoms with Crippen molar-refractivity contribution in [1.29, 1.82) is 0 Å². The number of ether oxygens (including phenoxy) is 2. The van der Waals surface area contributed by atoms with Crippen molar-refractivity contribution in [1.82, 2.24) is 9.55 Å². The molecule has 0 saturated carbocycles. The minimum atomic E-state index is -0.820. The lowest BCUT2D eigenvalue weighted by Gasteiger charge is -2.11.